The summed E-state index contributed by atoms with van der Waals surface area (Å²) in [6.07, 6.45) is 8.45. The summed E-state index contributed by atoms with van der Waals surface area (Å²) in [6.45, 7) is 3.43. The van der Waals surface area contributed by atoms with E-state index in [-0.39, 0.29) is 17.8 Å². The molecule has 0 bridgehead atoms. The number of hydroxylamine groups is 1. The smallest absolute Gasteiger partial charge is 0.339 e. The second-order valence-electron chi connectivity index (χ2n) is 8.84. The van der Waals surface area contributed by atoms with Crippen LogP contribution >= 0.6 is 0 Å². The van der Waals surface area contributed by atoms with Crippen molar-refractivity contribution in [3.8, 4) is 0 Å². The monoisotopic (exact) mass is 436 g/mol. The Hall–Kier alpha value is -2.66. The standard InChI is InChI=1S/C27H36N2O3/c1-21(30)29-32-27(31)26(16-13-24-17-19-28-20-18-24)25-14-11-23(12-15-25)10-6-5-9-22-7-3-2-4-8-22/h2-4,7-8,11-12,14-15,24,26,28H,5-6,9-10,13,16-20H2,1H3,(H,29,30). The maximum absolute atomic E-state index is 12.7. The Labute approximate surface area is 191 Å². The van der Waals surface area contributed by atoms with Gasteiger partial charge in [0.25, 0.3) is 0 Å². The van der Waals surface area contributed by atoms with Crippen molar-refractivity contribution >= 4 is 11.9 Å². The minimum atomic E-state index is -0.384. The van der Waals surface area contributed by atoms with Gasteiger partial charge in [-0.3, -0.25) is 4.79 Å². The molecule has 0 saturated carbocycles. The zero-order valence-electron chi connectivity index (χ0n) is 19.1. The average Bonchev–Trinajstić information content (AvgIpc) is 2.83. The third-order valence-corrected chi connectivity index (χ3v) is 6.31. The molecule has 2 aromatic carbocycles. The van der Waals surface area contributed by atoms with E-state index in [2.05, 4.69) is 65.4 Å². The Morgan fingerprint density at radius 3 is 2.22 bits per heavy atom. The Kier molecular flexibility index (Phi) is 9.76. The van der Waals surface area contributed by atoms with Crippen molar-refractivity contribution in [3.63, 3.8) is 0 Å². The van der Waals surface area contributed by atoms with Crippen molar-refractivity contribution < 1.29 is 14.4 Å². The zero-order chi connectivity index (χ0) is 22.6. The molecule has 1 saturated heterocycles. The minimum Gasteiger partial charge on any atom is -0.340 e. The molecule has 1 aliphatic heterocycles. The number of carbonyl (C=O) groups is 2. The molecule has 1 unspecified atom stereocenters. The van der Waals surface area contributed by atoms with Crippen LogP contribution in [0.25, 0.3) is 0 Å². The molecule has 0 spiro atoms. The maximum atomic E-state index is 12.7. The molecule has 1 amide bonds. The normalized spacial score (nSPS) is 15.2. The quantitative estimate of drug-likeness (QED) is 0.418. The van der Waals surface area contributed by atoms with Crippen molar-refractivity contribution in [1.29, 1.82) is 0 Å². The van der Waals surface area contributed by atoms with Gasteiger partial charge in [-0.15, -0.1) is 0 Å². The fourth-order valence-electron chi connectivity index (χ4n) is 4.41. The van der Waals surface area contributed by atoms with E-state index in [1.165, 1.54) is 18.1 Å². The molecule has 3 rings (SSSR count). The molecule has 5 heteroatoms. The lowest BCUT2D eigenvalue weighted by atomic mass is 9.86. The molecule has 1 heterocycles. The minimum absolute atomic E-state index is 0.358. The Morgan fingerprint density at radius 2 is 1.59 bits per heavy atom. The molecule has 1 fully saturated rings. The molecule has 2 N–H and O–H groups in total. The number of carbonyl (C=O) groups excluding carboxylic acids is 2. The van der Waals surface area contributed by atoms with Crippen molar-refractivity contribution in [2.75, 3.05) is 13.1 Å². The Morgan fingerprint density at radius 1 is 0.969 bits per heavy atom. The summed E-state index contributed by atoms with van der Waals surface area (Å²) in [5.74, 6) is -0.480. The molecule has 0 radical (unpaired) electrons. The number of aryl methyl sites for hydroxylation is 2. The first-order chi connectivity index (χ1) is 15.6. The van der Waals surface area contributed by atoms with Crippen LogP contribution in [0, 0.1) is 5.92 Å². The van der Waals surface area contributed by atoms with Gasteiger partial charge in [-0.05, 0) is 87.1 Å². The number of hydrogen-bond donors (Lipinski definition) is 2. The van der Waals surface area contributed by atoms with Crippen LogP contribution in [0.1, 0.15) is 68.1 Å². The van der Waals surface area contributed by atoms with Gasteiger partial charge in [0.1, 0.15) is 0 Å². The van der Waals surface area contributed by atoms with Crippen molar-refractivity contribution in [3.05, 3.63) is 71.3 Å². The molecule has 1 atom stereocenters. The summed E-state index contributed by atoms with van der Waals surface area (Å²) in [5, 5.41) is 3.39. The van der Waals surface area contributed by atoms with E-state index in [1.807, 2.05) is 0 Å². The second kappa shape index (κ2) is 13.0. The van der Waals surface area contributed by atoms with Gasteiger partial charge < -0.3 is 10.2 Å². The first-order valence-electron chi connectivity index (χ1n) is 11.9. The van der Waals surface area contributed by atoms with E-state index in [9.17, 15) is 9.59 Å². The largest absolute Gasteiger partial charge is 0.340 e. The third-order valence-electron chi connectivity index (χ3n) is 6.31. The molecular formula is C27H36N2O3. The van der Waals surface area contributed by atoms with E-state index in [0.29, 0.717) is 5.92 Å². The van der Waals surface area contributed by atoms with Crippen LogP contribution < -0.4 is 10.8 Å². The van der Waals surface area contributed by atoms with Crippen molar-refractivity contribution in [2.45, 2.75) is 64.2 Å². The number of hydrogen-bond acceptors (Lipinski definition) is 4. The SMILES string of the molecule is CC(=O)NOC(=O)C(CCC1CCNCC1)c1ccc(CCCCc2ccccc2)cc1. The molecule has 0 aromatic heterocycles. The number of piperidine rings is 1. The van der Waals surface area contributed by atoms with Gasteiger partial charge in [0.05, 0.1) is 5.92 Å². The topological polar surface area (TPSA) is 67.4 Å². The third kappa shape index (κ3) is 8.12. The fourth-order valence-corrected chi connectivity index (χ4v) is 4.41. The highest BCUT2D eigenvalue weighted by Gasteiger charge is 2.25. The molecule has 5 nitrogen and oxygen atoms in total. The van der Waals surface area contributed by atoms with Gasteiger partial charge in [0.15, 0.2) is 0 Å². The van der Waals surface area contributed by atoms with Crippen LogP contribution in [0.5, 0.6) is 0 Å². The van der Waals surface area contributed by atoms with Crippen molar-refractivity contribution in [1.82, 2.24) is 10.8 Å². The number of benzene rings is 2. The highest BCUT2D eigenvalue weighted by molar-refractivity contribution is 5.80. The Bertz CT molecular complexity index is 830. The number of amides is 1. The van der Waals surface area contributed by atoms with Gasteiger partial charge in [0, 0.05) is 6.92 Å². The fraction of sp³-hybridized carbons (Fsp3) is 0.481. The average molecular weight is 437 g/mol. The summed E-state index contributed by atoms with van der Waals surface area (Å²) in [4.78, 5) is 28.9. The first kappa shape index (κ1) is 24.0. The summed E-state index contributed by atoms with van der Waals surface area (Å²) in [5.41, 5.74) is 5.83. The van der Waals surface area contributed by atoms with E-state index in [4.69, 9.17) is 4.84 Å². The number of nitrogens with one attached hydrogen (secondary N) is 2. The molecular weight excluding hydrogens is 400 g/mol. The lowest BCUT2D eigenvalue weighted by molar-refractivity contribution is -0.159. The van der Waals surface area contributed by atoms with Crippen molar-refractivity contribution in [2.24, 2.45) is 5.92 Å². The number of rotatable bonds is 10. The Balaban J connectivity index is 1.54. The number of unbranched alkanes of at least 4 members (excludes halogenated alkanes) is 1. The van der Waals surface area contributed by atoms with Crippen LogP contribution in [-0.2, 0) is 27.3 Å². The lowest BCUT2D eigenvalue weighted by Crippen LogP contribution is -2.30. The van der Waals surface area contributed by atoms with Gasteiger partial charge in [0.2, 0.25) is 5.91 Å². The van der Waals surface area contributed by atoms with E-state index in [1.54, 1.807) is 0 Å². The highest BCUT2D eigenvalue weighted by Crippen LogP contribution is 2.28. The second-order valence-corrected chi connectivity index (χ2v) is 8.84. The lowest BCUT2D eigenvalue weighted by Gasteiger charge is -2.24. The predicted molar refractivity (Wildman–Crippen MR) is 127 cm³/mol. The molecule has 0 aliphatic carbocycles. The van der Waals surface area contributed by atoms with Gasteiger partial charge >= 0.3 is 5.97 Å². The van der Waals surface area contributed by atoms with Crippen LogP contribution in [-0.4, -0.2) is 25.0 Å². The van der Waals surface area contributed by atoms with E-state index in [0.717, 1.165) is 70.0 Å². The summed E-state index contributed by atoms with van der Waals surface area (Å²) >= 11 is 0. The van der Waals surface area contributed by atoms with E-state index < -0.39 is 0 Å². The maximum Gasteiger partial charge on any atom is 0.339 e. The highest BCUT2D eigenvalue weighted by atomic mass is 16.7. The summed E-state index contributed by atoms with van der Waals surface area (Å²) in [6, 6.07) is 18.9. The molecule has 32 heavy (non-hydrogen) atoms. The molecule has 2 aromatic rings. The predicted octanol–water partition coefficient (Wildman–Crippen LogP) is 4.71. The van der Waals surface area contributed by atoms with Gasteiger partial charge in [-0.2, -0.15) is 5.48 Å². The van der Waals surface area contributed by atoms with Gasteiger partial charge in [-0.1, -0.05) is 54.6 Å². The van der Waals surface area contributed by atoms with E-state index >= 15 is 0 Å². The molecule has 1 aliphatic rings. The first-order valence-corrected chi connectivity index (χ1v) is 11.9. The van der Waals surface area contributed by atoms with Crippen LogP contribution in [0.2, 0.25) is 0 Å². The molecule has 172 valence electrons. The van der Waals surface area contributed by atoms with Crippen LogP contribution in [0.3, 0.4) is 0 Å². The zero-order valence-corrected chi connectivity index (χ0v) is 19.1. The summed E-state index contributed by atoms with van der Waals surface area (Å²) < 4.78 is 0. The summed E-state index contributed by atoms with van der Waals surface area (Å²) in [7, 11) is 0. The van der Waals surface area contributed by atoms with Crippen LogP contribution in [0.15, 0.2) is 54.6 Å². The van der Waals surface area contributed by atoms with Gasteiger partial charge in [-0.25, -0.2) is 4.79 Å². The van der Waals surface area contributed by atoms with Crippen LogP contribution in [0.4, 0.5) is 0 Å².